The van der Waals surface area contributed by atoms with Crippen molar-refractivity contribution in [1.82, 2.24) is 5.32 Å². The summed E-state index contributed by atoms with van der Waals surface area (Å²) in [6.07, 6.45) is 0.877. The van der Waals surface area contributed by atoms with Crippen LogP contribution in [0.1, 0.15) is 6.42 Å². The normalized spacial score (nSPS) is 10.4. The molecule has 7 nitrogen and oxygen atoms in total. The molecule has 0 atom stereocenters. The van der Waals surface area contributed by atoms with Gasteiger partial charge in [0.15, 0.2) is 0 Å². The molecule has 7 N–H and O–H groups in total. The van der Waals surface area contributed by atoms with Crippen LogP contribution in [-0.4, -0.2) is 62.9 Å². The molecule has 0 aliphatic heterocycles. The molecule has 0 fully saturated rings. The van der Waals surface area contributed by atoms with Crippen molar-refractivity contribution in [3.05, 3.63) is 0 Å². The third-order valence-electron chi connectivity index (χ3n) is 2.26. The zero-order chi connectivity index (χ0) is 14.3. The summed E-state index contributed by atoms with van der Waals surface area (Å²) in [6.45, 7) is 3.78. The molecule has 0 rings (SSSR count). The first kappa shape index (κ1) is 25.2. The molecule has 0 saturated heterocycles. The summed E-state index contributed by atoms with van der Waals surface area (Å²) in [7, 11) is 2.50. The van der Waals surface area contributed by atoms with Gasteiger partial charge >= 0.3 is 8.80 Å². The van der Waals surface area contributed by atoms with Crippen molar-refractivity contribution >= 4 is 8.80 Å². The number of nitrogens with one attached hydrogen (secondary N) is 1. The van der Waals surface area contributed by atoms with Crippen LogP contribution in [0.5, 0.6) is 0 Å². The Bertz CT molecular complexity index is 155. The van der Waals surface area contributed by atoms with Gasteiger partial charge in [0.2, 0.25) is 0 Å². The Balaban J connectivity index is -0.000000280. The molecule has 0 spiro atoms. The molecule has 0 aromatic heterocycles. The molecule has 9 heteroatoms. The van der Waals surface area contributed by atoms with E-state index in [1.54, 1.807) is 21.3 Å². The molecular weight excluding hydrogens is 409 g/mol. The molecule has 0 aliphatic carbocycles. The predicted molar refractivity (Wildman–Crippen MR) is 76.2 cm³/mol. The van der Waals surface area contributed by atoms with Crippen molar-refractivity contribution in [1.29, 1.82) is 0 Å². The average molecular weight is 440 g/mol. The third kappa shape index (κ3) is 15.5. The van der Waals surface area contributed by atoms with Gasteiger partial charge in [-0.3, -0.25) is 0 Å². The monoisotopic (exact) mass is 440 g/mol. The largest absolute Gasteiger partial charge is 0.500 e. The van der Waals surface area contributed by atoms with Crippen molar-refractivity contribution < 1.29 is 53.2 Å². The topological polar surface area (TPSA) is 118 Å². The summed E-state index contributed by atoms with van der Waals surface area (Å²) < 4.78 is 15.5. The molecule has 0 aliphatic rings. The van der Waals surface area contributed by atoms with E-state index in [9.17, 15) is 0 Å². The molecule has 0 bridgehead atoms. The summed E-state index contributed by atoms with van der Waals surface area (Å²) in [5, 5.41) is 3.03. The second kappa shape index (κ2) is 19.3. The van der Waals surface area contributed by atoms with Crippen LogP contribution in [0, 0.1) is 39.9 Å². The summed E-state index contributed by atoms with van der Waals surface area (Å²) in [5.74, 6) is 0. The maximum atomic E-state index is 5.36. The van der Waals surface area contributed by atoms with Crippen LogP contribution in [0.3, 0.4) is 0 Å². The van der Waals surface area contributed by atoms with Crippen LogP contribution in [0.15, 0.2) is 0 Å². The van der Waals surface area contributed by atoms with Crippen LogP contribution in [0.2, 0.25) is 6.04 Å². The van der Waals surface area contributed by atoms with Gasteiger partial charge in [0.05, 0.1) is 0 Å². The molecule has 0 saturated carbocycles. The molecule has 0 heterocycles. The standard InChI is InChI=1S/C6H17NO3Si.C4H13N3.Gd/c1-8-11(9-2,10-3)6-4-5-7;5-1-3-7-4-2-6;/h4-7H2,1-3H3;7H,1-6H2;. The molecule has 0 radical (unpaired) electrons. The van der Waals surface area contributed by atoms with Gasteiger partial charge in [-0.2, -0.15) is 0 Å². The maximum Gasteiger partial charge on any atom is 0.500 e. The minimum Gasteiger partial charge on any atom is -0.377 e. The van der Waals surface area contributed by atoms with E-state index in [0.29, 0.717) is 19.6 Å². The van der Waals surface area contributed by atoms with Gasteiger partial charge in [-0.25, -0.2) is 0 Å². The van der Waals surface area contributed by atoms with Crippen molar-refractivity contribution in [2.75, 3.05) is 54.1 Å². The Morgan fingerprint density at radius 2 is 1.26 bits per heavy atom. The fourth-order valence-corrected chi connectivity index (χ4v) is 2.95. The van der Waals surface area contributed by atoms with Gasteiger partial charge in [0.1, 0.15) is 0 Å². The van der Waals surface area contributed by atoms with Gasteiger partial charge in [-0.05, 0) is 13.0 Å². The van der Waals surface area contributed by atoms with E-state index in [2.05, 4.69) is 5.32 Å². The SMILES string of the molecule is CO[Si](CCCN)(OC)OC.NCCNCCN.[Gd]. The second-order valence-electron chi connectivity index (χ2n) is 3.51. The molecule has 0 aromatic rings. The van der Waals surface area contributed by atoms with Gasteiger partial charge in [0.25, 0.3) is 0 Å². The van der Waals surface area contributed by atoms with Crippen LogP contribution in [-0.2, 0) is 13.3 Å². The quantitative estimate of drug-likeness (QED) is 0.247. The van der Waals surface area contributed by atoms with E-state index in [1.165, 1.54) is 0 Å². The summed E-state index contributed by atoms with van der Waals surface area (Å²) in [4.78, 5) is 0. The zero-order valence-corrected chi connectivity index (χ0v) is 15.5. The Labute approximate surface area is 150 Å². The molecule has 120 valence electrons. The van der Waals surface area contributed by atoms with E-state index in [1.807, 2.05) is 0 Å². The maximum absolute atomic E-state index is 5.36. The summed E-state index contributed by atoms with van der Waals surface area (Å²) in [6, 6.07) is 0.785. The predicted octanol–water partition coefficient (Wildman–Crippen LogP) is -1.29. The third-order valence-corrected chi connectivity index (χ3v) is 5.09. The number of nitrogens with two attached hydrogens (primary N) is 3. The van der Waals surface area contributed by atoms with Crippen LogP contribution in [0.25, 0.3) is 0 Å². The molecule has 0 unspecified atom stereocenters. The van der Waals surface area contributed by atoms with Gasteiger partial charge in [-0.15, -0.1) is 0 Å². The van der Waals surface area contributed by atoms with Crippen molar-refractivity contribution in [2.24, 2.45) is 17.2 Å². The van der Waals surface area contributed by atoms with Gasteiger partial charge in [-0.1, -0.05) is 0 Å². The minimum absolute atomic E-state index is 0. The first-order chi connectivity index (χ1) is 8.66. The fourth-order valence-electron chi connectivity index (χ4n) is 1.20. The van der Waals surface area contributed by atoms with Crippen molar-refractivity contribution in [3.8, 4) is 0 Å². The van der Waals surface area contributed by atoms with Crippen molar-refractivity contribution in [3.63, 3.8) is 0 Å². The Kier molecular flexibility index (Phi) is 25.6. The zero-order valence-electron chi connectivity index (χ0n) is 12.3. The van der Waals surface area contributed by atoms with Crippen molar-refractivity contribution in [2.45, 2.75) is 12.5 Å². The molecule has 0 aromatic carbocycles. The molecule has 0 amide bonds. The minimum atomic E-state index is -2.32. The van der Waals surface area contributed by atoms with E-state index < -0.39 is 8.80 Å². The first-order valence-electron chi connectivity index (χ1n) is 6.12. The molecule has 19 heavy (non-hydrogen) atoms. The Hall–Kier alpha value is 1.26. The Morgan fingerprint density at radius 3 is 1.53 bits per heavy atom. The van der Waals surface area contributed by atoms with E-state index in [0.717, 1.165) is 25.6 Å². The fraction of sp³-hybridized carbons (Fsp3) is 1.00. The number of rotatable bonds is 10. The van der Waals surface area contributed by atoms with Crippen LogP contribution >= 0.6 is 0 Å². The smallest absolute Gasteiger partial charge is 0.377 e. The summed E-state index contributed by atoms with van der Waals surface area (Å²) in [5.41, 5.74) is 15.7. The van der Waals surface area contributed by atoms with Crippen LogP contribution < -0.4 is 22.5 Å². The molecular formula is C10H30GdN4O3Si. The van der Waals surface area contributed by atoms with E-state index >= 15 is 0 Å². The van der Waals surface area contributed by atoms with E-state index in [-0.39, 0.29) is 39.9 Å². The second-order valence-corrected chi connectivity index (χ2v) is 6.61. The number of hydrogen-bond donors (Lipinski definition) is 4. The average Bonchev–Trinajstić information content (AvgIpc) is 2.42. The summed E-state index contributed by atoms with van der Waals surface area (Å²) >= 11 is 0. The first-order valence-corrected chi connectivity index (χ1v) is 8.05. The Morgan fingerprint density at radius 1 is 0.842 bits per heavy atom. The van der Waals surface area contributed by atoms with Crippen LogP contribution in [0.4, 0.5) is 0 Å². The van der Waals surface area contributed by atoms with Gasteiger partial charge < -0.3 is 35.8 Å². The van der Waals surface area contributed by atoms with Gasteiger partial charge in [0, 0.05) is 93.5 Å². The number of hydrogen-bond acceptors (Lipinski definition) is 7. The van der Waals surface area contributed by atoms with E-state index in [4.69, 9.17) is 30.5 Å².